The SMILES string of the molecule is Cc1cc(F)ccc1C(=O)c1cccc(F)c1. The molecule has 2 aromatic carbocycles. The Labute approximate surface area is 97.7 Å². The zero-order valence-corrected chi connectivity index (χ0v) is 9.21. The second kappa shape index (κ2) is 4.45. The van der Waals surface area contributed by atoms with Gasteiger partial charge in [0.25, 0.3) is 0 Å². The molecule has 0 saturated heterocycles. The normalized spacial score (nSPS) is 10.3. The van der Waals surface area contributed by atoms with Crippen molar-refractivity contribution < 1.29 is 13.6 Å². The highest BCUT2D eigenvalue weighted by atomic mass is 19.1. The fourth-order valence-corrected chi connectivity index (χ4v) is 1.67. The van der Waals surface area contributed by atoms with E-state index in [1.165, 1.54) is 42.5 Å². The molecule has 0 saturated carbocycles. The summed E-state index contributed by atoms with van der Waals surface area (Å²) in [6.07, 6.45) is 0. The van der Waals surface area contributed by atoms with Crippen LogP contribution in [0.4, 0.5) is 8.78 Å². The maximum Gasteiger partial charge on any atom is 0.193 e. The molecular formula is C14H10F2O. The van der Waals surface area contributed by atoms with Crippen molar-refractivity contribution in [2.24, 2.45) is 0 Å². The quantitative estimate of drug-likeness (QED) is 0.724. The smallest absolute Gasteiger partial charge is 0.193 e. The number of hydrogen-bond acceptors (Lipinski definition) is 1. The second-order valence-electron chi connectivity index (χ2n) is 3.80. The Kier molecular flexibility index (Phi) is 3.00. The molecule has 0 radical (unpaired) electrons. The van der Waals surface area contributed by atoms with Gasteiger partial charge in [-0.1, -0.05) is 12.1 Å². The zero-order valence-electron chi connectivity index (χ0n) is 9.21. The van der Waals surface area contributed by atoms with Gasteiger partial charge >= 0.3 is 0 Å². The van der Waals surface area contributed by atoms with Gasteiger partial charge in [-0.15, -0.1) is 0 Å². The number of benzene rings is 2. The van der Waals surface area contributed by atoms with Gasteiger partial charge in [-0.25, -0.2) is 8.78 Å². The van der Waals surface area contributed by atoms with Gasteiger partial charge in [0.05, 0.1) is 0 Å². The van der Waals surface area contributed by atoms with Crippen molar-refractivity contribution in [2.75, 3.05) is 0 Å². The third kappa shape index (κ3) is 2.38. The molecule has 1 nitrogen and oxygen atoms in total. The number of rotatable bonds is 2. The Morgan fingerprint density at radius 2 is 1.71 bits per heavy atom. The highest BCUT2D eigenvalue weighted by molar-refractivity contribution is 6.09. The van der Waals surface area contributed by atoms with Crippen molar-refractivity contribution in [3.63, 3.8) is 0 Å². The largest absolute Gasteiger partial charge is 0.289 e. The summed E-state index contributed by atoms with van der Waals surface area (Å²) in [5, 5.41) is 0. The van der Waals surface area contributed by atoms with E-state index in [-0.39, 0.29) is 11.3 Å². The van der Waals surface area contributed by atoms with Gasteiger partial charge in [0.1, 0.15) is 11.6 Å². The summed E-state index contributed by atoms with van der Waals surface area (Å²) in [5.41, 5.74) is 1.19. The molecule has 17 heavy (non-hydrogen) atoms. The number of carbonyl (C=O) groups is 1. The van der Waals surface area contributed by atoms with Crippen LogP contribution in [0.5, 0.6) is 0 Å². The summed E-state index contributed by atoms with van der Waals surface area (Å²) in [5.74, 6) is -1.16. The maximum absolute atomic E-state index is 13.0. The van der Waals surface area contributed by atoms with Crippen LogP contribution in [0.2, 0.25) is 0 Å². The van der Waals surface area contributed by atoms with Gasteiger partial charge in [0.15, 0.2) is 5.78 Å². The molecule has 2 rings (SSSR count). The van der Waals surface area contributed by atoms with Gasteiger partial charge in [-0.05, 0) is 42.8 Å². The molecule has 0 aliphatic rings. The van der Waals surface area contributed by atoms with Crippen LogP contribution >= 0.6 is 0 Å². The molecule has 0 aromatic heterocycles. The van der Waals surface area contributed by atoms with E-state index in [4.69, 9.17) is 0 Å². The van der Waals surface area contributed by atoms with Crippen molar-refractivity contribution in [3.8, 4) is 0 Å². The van der Waals surface area contributed by atoms with Crippen LogP contribution < -0.4 is 0 Å². The van der Waals surface area contributed by atoms with Crippen molar-refractivity contribution in [2.45, 2.75) is 6.92 Å². The molecule has 86 valence electrons. The highest BCUT2D eigenvalue weighted by Crippen LogP contribution is 2.16. The molecule has 0 fully saturated rings. The third-order valence-corrected chi connectivity index (χ3v) is 2.52. The Balaban J connectivity index is 2.44. The first kappa shape index (κ1) is 11.5. The molecule has 3 heteroatoms. The van der Waals surface area contributed by atoms with Crippen molar-refractivity contribution in [3.05, 3.63) is 70.8 Å². The summed E-state index contributed by atoms with van der Waals surface area (Å²) in [6.45, 7) is 1.65. The van der Waals surface area contributed by atoms with Gasteiger partial charge in [-0.3, -0.25) is 4.79 Å². The van der Waals surface area contributed by atoms with Gasteiger partial charge in [0, 0.05) is 11.1 Å². The van der Waals surface area contributed by atoms with Crippen molar-refractivity contribution in [1.29, 1.82) is 0 Å². The molecular weight excluding hydrogens is 222 g/mol. The summed E-state index contributed by atoms with van der Waals surface area (Å²) in [4.78, 5) is 12.0. The molecule has 0 atom stereocenters. The van der Waals surface area contributed by atoms with Gasteiger partial charge in [0.2, 0.25) is 0 Å². The zero-order chi connectivity index (χ0) is 12.4. The minimum atomic E-state index is -0.462. The van der Waals surface area contributed by atoms with E-state index in [9.17, 15) is 13.6 Å². The van der Waals surface area contributed by atoms with E-state index < -0.39 is 11.6 Å². The third-order valence-electron chi connectivity index (χ3n) is 2.52. The maximum atomic E-state index is 13.0. The molecule has 0 amide bonds. The molecule has 2 aromatic rings. The molecule has 0 spiro atoms. The Bertz CT molecular complexity index is 576. The van der Waals surface area contributed by atoms with E-state index in [1.807, 2.05) is 0 Å². The van der Waals surface area contributed by atoms with E-state index in [2.05, 4.69) is 0 Å². The van der Waals surface area contributed by atoms with Crippen LogP contribution in [-0.4, -0.2) is 5.78 Å². The predicted octanol–water partition coefficient (Wildman–Crippen LogP) is 3.50. The number of ketones is 1. The first-order valence-corrected chi connectivity index (χ1v) is 5.14. The fraction of sp³-hybridized carbons (Fsp3) is 0.0714. The number of aryl methyl sites for hydroxylation is 1. The minimum absolute atomic E-state index is 0.264. The summed E-state index contributed by atoms with van der Waals surface area (Å²) in [7, 11) is 0. The highest BCUT2D eigenvalue weighted by Gasteiger charge is 2.12. The Hall–Kier alpha value is -2.03. The molecule has 0 unspecified atom stereocenters. The minimum Gasteiger partial charge on any atom is -0.289 e. The van der Waals surface area contributed by atoms with Crippen LogP contribution in [0, 0.1) is 18.6 Å². The van der Waals surface area contributed by atoms with E-state index >= 15 is 0 Å². The van der Waals surface area contributed by atoms with E-state index in [0.717, 1.165) is 0 Å². The number of carbonyl (C=O) groups excluding carboxylic acids is 1. The summed E-state index contributed by atoms with van der Waals surface area (Å²) < 4.78 is 25.9. The topological polar surface area (TPSA) is 17.1 Å². The number of hydrogen-bond donors (Lipinski definition) is 0. The van der Waals surface area contributed by atoms with Crippen LogP contribution in [0.1, 0.15) is 21.5 Å². The summed E-state index contributed by atoms with van der Waals surface area (Å²) >= 11 is 0. The standard InChI is InChI=1S/C14H10F2O/c1-9-7-12(16)5-6-13(9)14(17)10-3-2-4-11(15)8-10/h2-8H,1H3. The lowest BCUT2D eigenvalue weighted by molar-refractivity contribution is 0.103. The van der Waals surface area contributed by atoms with Crippen LogP contribution in [-0.2, 0) is 0 Å². The average Bonchev–Trinajstić information content (AvgIpc) is 2.28. The molecule has 0 bridgehead atoms. The molecule has 0 N–H and O–H groups in total. The van der Waals surface area contributed by atoms with E-state index in [0.29, 0.717) is 11.1 Å². The summed E-state index contributed by atoms with van der Waals surface area (Å²) in [6, 6.07) is 9.37. The number of halogens is 2. The second-order valence-corrected chi connectivity index (χ2v) is 3.80. The van der Waals surface area contributed by atoms with Crippen molar-refractivity contribution >= 4 is 5.78 Å². The van der Waals surface area contributed by atoms with Crippen LogP contribution in [0.25, 0.3) is 0 Å². The van der Waals surface area contributed by atoms with Crippen molar-refractivity contribution in [1.82, 2.24) is 0 Å². The average molecular weight is 232 g/mol. The van der Waals surface area contributed by atoms with Gasteiger partial charge < -0.3 is 0 Å². The first-order valence-electron chi connectivity index (χ1n) is 5.14. The lowest BCUT2D eigenvalue weighted by Gasteiger charge is -2.05. The van der Waals surface area contributed by atoms with Crippen LogP contribution in [0.15, 0.2) is 42.5 Å². The monoisotopic (exact) mass is 232 g/mol. The lowest BCUT2D eigenvalue weighted by Crippen LogP contribution is -2.04. The van der Waals surface area contributed by atoms with E-state index in [1.54, 1.807) is 6.92 Å². The predicted molar refractivity (Wildman–Crippen MR) is 61.0 cm³/mol. The Morgan fingerprint density at radius 3 is 2.35 bits per heavy atom. The molecule has 0 aliphatic carbocycles. The molecule has 0 aliphatic heterocycles. The first-order chi connectivity index (χ1) is 8.08. The van der Waals surface area contributed by atoms with Crippen LogP contribution in [0.3, 0.4) is 0 Å². The Morgan fingerprint density at radius 1 is 1.00 bits per heavy atom. The molecule has 0 heterocycles. The lowest BCUT2D eigenvalue weighted by atomic mass is 9.99. The fourth-order valence-electron chi connectivity index (χ4n) is 1.67. The van der Waals surface area contributed by atoms with Gasteiger partial charge in [-0.2, -0.15) is 0 Å².